The number of halogens is 3. The summed E-state index contributed by atoms with van der Waals surface area (Å²) in [6, 6.07) is 5.08. The van der Waals surface area contributed by atoms with Crippen molar-refractivity contribution in [2.45, 2.75) is 11.8 Å². The summed E-state index contributed by atoms with van der Waals surface area (Å²) >= 11 is 15.1. The van der Waals surface area contributed by atoms with Crippen molar-refractivity contribution in [1.82, 2.24) is 5.32 Å². The molecule has 1 unspecified atom stereocenters. The van der Waals surface area contributed by atoms with Crippen LogP contribution in [0.25, 0.3) is 0 Å². The SMILES string of the molecule is COCC(Cl)CCNC(=O)c1cc(Cl)ccc1Br. The number of rotatable bonds is 6. The van der Waals surface area contributed by atoms with Gasteiger partial charge in [-0.1, -0.05) is 11.6 Å². The first-order chi connectivity index (χ1) is 8.54. The molecule has 1 rings (SSSR count). The number of ether oxygens (including phenoxy) is 1. The summed E-state index contributed by atoms with van der Waals surface area (Å²) < 4.78 is 5.62. The monoisotopic (exact) mass is 353 g/mol. The number of hydrogen-bond donors (Lipinski definition) is 1. The zero-order valence-corrected chi connectivity index (χ0v) is 13.0. The van der Waals surface area contributed by atoms with E-state index in [1.807, 2.05) is 0 Å². The summed E-state index contributed by atoms with van der Waals surface area (Å²) in [6.45, 7) is 0.966. The Labute approximate surface area is 125 Å². The van der Waals surface area contributed by atoms with E-state index >= 15 is 0 Å². The van der Waals surface area contributed by atoms with E-state index in [0.717, 1.165) is 0 Å². The summed E-state index contributed by atoms with van der Waals surface area (Å²) in [5.41, 5.74) is 0.514. The van der Waals surface area contributed by atoms with Crippen LogP contribution in [0.4, 0.5) is 0 Å². The number of benzene rings is 1. The number of nitrogens with one attached hydrogen (secondary N) is 1. The minimum atomic E-state index is -0.175. The maximum Gasteiger partial charge on any atom is 0.252 e. The average molecular weight is 355 g/mol. The summed E-state index contributed by atoms with van der Waals surface area (Å²) in [6.07, 6.45) is 0.652. The van der Waals surface area contributed by atoms with E-state index in [1.54, 1.807) is 25.3 Å². The van der Waals surface area contributed by atoms with Crippen LogP contribution in [0.5, 0.6) is 0 Å². The van der Waals surface area contributed by atoms with Crippen LogP contribution in [0.15, 0.2) is 22.7 Å². The molecule has 0 bridgehead atoms. The van der Waals surface area contributed by atoms with Crippen molar-refractivity contribution < 1.29 is 9.53 Å². The molecule has 6 heteroatoms. The molecule has 0 radical (unpaired) electrons. The first kappa shape index (κ1) is 15.8. The lowest BCUT2D eigenvalue weighted by Crippen LogP contribution is -2.27. The van der Waals surface area contributed by atoms with Gasteiger partial charge in [0.2, 0.25) is 0 Å². The second-order valence-electron chi connectivity index (χ2n) is 3.72. The molecular formula is C12H14BrCl2NO2. The molecule has 0 aromatic heterocycles. The smallest absolute Gasteiger partial charge is 0.252 e. The zero-order chi connectivity index (χ0) is 13.5. The Morgan fingerprint density at radius 3 is 2.94 bits per heavy atom. The van der Waals surface area contributed by atoms with E-state index in [2.05, 4.69) is 21.2 Å². The molecule has 1 amide bonds. The number of carbonyl (C=O) groups excluding carboxylic acids is 1. The molecule has 0 saturated carbocycles. The lowest BCUT2D eigenvalue weighted by atomic mass is 10.2. The van der Waals surface area contributed by atoms with E-state index in [0.29, 0.717) is 34.6 Å². The molecule has 0 saturated heterocycles. The van der Waals surface area contributed by atoms with Gasteiger partial charge in [-0.15, -0.1) is 11.6 Å². The van der Waals surface area contributed by atoms with Crippen molar-refractivity contribution in [3.05, 3.63) is 33.3 Å². The predicted octanol–water partition coefficient (Wildman–Crippen LogP) is 3.48. The van der Waals surface area contributed by atoms with Gasteiger partial charge in [0.1, 0.15) is 0 Å². The molecule has 1 atom stereocenters. The Hall–Kier alpha value is -0.290. The van der Waals surface area contributed by atoms with Crippen LogP contribution in [0.2, 0.25) is 5.02 Å². The first-order valence-electron chi connectivity index (χ1n) is 5.41. The molecule has 1 aromatic carbocycles. The number of alkyl halides is 1. The van der Waals surface area contributed by atoms with Crippen molar-refractivity contribution in [3.8, 4) is 0 Å². The molecule has 100 valence electrons. The fourth-order valence-electron chi connectivity index (χ4n) is 1.37. The summed E-state index contributed by atoms with van der Waals surface area (Å²) in [5.74, 6) is -0.175. The van der Waals surface area contributed by atoms with Gasteiger partial charge in [0.15, 0.2) is 0 Å². The molecule has 0 aliphatic heterocycles. The van der Waals surface area contributed by atoms with Gasteiger partial charge >= 0.3 is 0 Å². The standard InChI is InChI=1S/C12H14BrCl2NO2/c1-18-7-9(15)4-5-16-12(17)10-6-8(14)2-3-11(10)13/h2-3,6,9H,4-5,7H2,1H3,(H,16,17). The summed E-state index contributed by atoms with van der Waals surface area (Å²) in [4.78, 5) is 11.9. The van der Waals surface area contributed by atoms with Crippen LogP contribution in [-0.4, -0.2) is 31.5 Å². The van der Waals surface area contributed by atoms with Gasteiger partial charge in [0.05, 0.1) is 17.5 Å². The zero-order valence-electron chi connectivity index (χ0n) is 9.88. The number of amides is 1. The molecule has 3 nitrogen and oxygen atoms in total. The van der Waals surface area contributed by atoms with Crippen LogP contribution in [0.3, 0.4) is 0 Å². The molecule has 0 spiro atoms. The Morgan fingerprint density at radius 1 is 1.56 bits per heavy atom. The van der Waals surface area contributed by atoms with E-state index in [9.17, 15) is 4.79 Å². The minimum Gasteiger partial charge on any atom is -0.383 e. The number of carbonyl (C=O) groups is 1. The largest absolute Gasteiger partial charge is 0.383 e. The van der Waals surface area contributed by atoms with Crippen molar-refractivity contribution in [1.29, 1.82) is 0 Å². The molecule has 0 heterocycles. The van der Waals surface area contributed by atoms with Crippen molar-refractivity contribution in [3.63, 3.8) is 0 Å². The fourth-order valence-corrected chi connectivity index (χ4v) is 2.21. The molecular weight excluding hydrogens is 341 g/mol. The lowest BCUT2D eigenvalue weighted by Gasteiger charge is -2.10. The van der Waals surface area contributed by atoms with E-state index in [1.165, 1.54) is 0 Å². The van der Waals surface area contributed by atoms with Crippen LogP contribution >= 0.6 is 39.1 Å². The Kier molecular flexibility index (Phi) is 7.00. The highest BCUT2D eigenvalue weighted by molar-refractivity contribution is 9.10. The second kappa shape index (κ2) is 8.00. The predicted molar refractivity (Wildman–Crippen MR) is 77.6 cm³/mol. The highest BCUT2D eigenvalue weighted by Gasteiger charge is 2.11. The molecule has 1 N–H and O–H groups in total. The van der Waals surface area contributed by atoms with Gasteiger partial charge in [-0.3, -0.25) is 4.79 Å². The highest BCUT2D eigenvalue weighted by atomic mass is 79.9. The van der Waals surface area contributed by atoms with Crippen molar-refractivity contribution >= 4 is 45.0 Å². The Balaban J connectivity index is 2.48. The van der Waals surface area contributed by atoms with Gasteiger partial charge < -0.3 is 10.1 Å². The first-order valence-corrected chi connectivity index (χ1v) is 7.01. The normalized spacial score (nSPS) is 12.2. The van der Waals surface area contributed by atoms with E-state index in [4.69, 9.17) is 27.9 Å². The maximum atomic E-state index is 11.9. The summed E-state index contributed by atoms with van der Waals surface area (Å²) in [7, 11) is 1.59. The van der Waals surface area contributed by atoms with Crippen LogP contribution in [0, 0.1) is 0 Å². The van der Waals surface area contributed by atoms with Crippen molar-refractivity contribution in [2.75, 3.05) is 20.3 Å². The second-order valence-corrected chi connectivity index (χ2v) is 5.63. The molecule has 0 fully saturated rings. The third-order valence-electron chi connectivity index (χ3n) is 2.26. The highest BCUT2D eigenvalue weighted by Crippen LogP contribution is 2.21. The lowest BCUT2D eigenvalue weighted by molar-refractivity contribution is 0.0951. The number of methoxy groups -OCH3 is 1. The third-order valence-corrected chi connectivity index (χ3v) is 3.53. The Bertz CT molecular complexity index is 415. The van der Waals surface area contributed by atoms with Gasteiger partial charge in [-0.25, -0.2) is 0 Å². The fraction of sp³-hybridized carbons (Fsp3) is 0.417. The Morgan fingerprint density at radius 2 is 2.28 bits per heavy atom. The van der Waals surface area contributed by atoms with Gasteiger partial charge in [-0.2, -0.15) is 0 Å². The minimum absolute atomic E-state index is 0.0990. The van der Waals surface area contributed by atoms with Gasteiger partial charge in [0.25, 0.3) is 5.91 Å². The average Bonchev–Trinajstić information content (AvgIpc) is 2.32. The topological polar surface area (TPSA) is 38.3 Å². The van der Waals surface area contributed by atoms with Gasteiger partial charge in [0, 0.05) is 23.1 Å². The quantitative estimate of drug-likeness (QED) is 0.794. The van der Waals surface area contributed by atoms with Crippen LogP contribution < -0.4 is 5.32 Å². The van der Waals surface area contributed by atoms with Crippen LogP contribution in [-0.2, 0) is 4.74 Å². The van der Waals surface area contributed by atoms with Crippen molar-refractivity contribution in [2.24, 2.45) is 0 Å². The maximum absolute atomic E-state index is 11.9. The van der Waals surface area contributed by atoms with Crippen LogP contribution in [0.1, 0.15) is 16.8 Å². The molecule has 1 aromatic rings. The third kappa shape index (κ3) is 5.14. The van der Waals surface area contributed by atoms with E-state index < -0.39 is 0 Å². The molecule has 0 aliphatic carbocycles. The number of hydrogen-bond acceptors (Lipinski definition) is 2. The molecule has 0 aliphatic rings. The summed E-state index contributed by atoms with van der Waals surface area (Å²) in [5, 5.41) is 3.22. The molecule has 18 heavy (non-hydrogen) atoms. The van der Waals surface area contributed by atoms with E-state index in [-0.39, 0.29) is 11.3 Å². The van der Waals surface area contributed by atoms with Gasteiger partial charge in [-0.05, 0) is 40.5 Å².